The molecule has 1 aromatic rings. The summed E-state index contributed by atoms with van der Waals surface area (Å²) in [5.41, 5.74) is 0.933. The van der Waals surface area contributed by atoms with Gasteiger partial charge in [-0.3, -0.25) is 14.2 Å². The van der Waals surface area contributed by atoms with Gasteiger partial charge in [0.2, 0.25) is 0 Å². The minimum atomic E-state index is -3.30. The third-order valence-corrected chi connectivity index (χ3v) is 9.00. The Balaban J connectivity index is 2.60. The zero-order valence-electron chi connectivity index (χ0n) is 22.1. The van der Waals surface area contributed by atoms with Crippen LogP contribution in [-0.4, -0.2) is 69.1 Å². The van der Waals surface area contributed by atoms with Crippen LogP contribution in [0.1, 0.15) is 52.0 Å². The summed E-state index contributed by atoms with van der Waals surface area (Å²) in [7, 11) is -1.68. The molecule has 0 amide bonds. The Hall–Kier alpha value is -1.22. The van der Waals surface area contributed by atoms with E-state index in [4.69, 9.17) is 23.3 Å². The van der Waals surface area contributed by atoms with Crippen molar-refractivity contribution < 1.29 is 37.4 Å². The Morgan fingerprint density at radius 1 is 1.00 bits per heavy atom. The van der Waals surface area contributed by atoms with E-state index in [1.54, 1.807) is 21.0 Å². The number of hydrogen-bond acceptors (Lipinski definition) is 9. The molecule has 0 spiro atoms. The standard InChI is InChI=1S/C26H43O8PS/c1-5-33-35(29,34-6-2)21-24(19-22(3)25(27)13-10-15-31-17-16-30-4)36-18-14-26(28)32-20-23-11-8-7-9-12-23/h7-9,11-12,22,24H,5-6,10,13-21H2,1-4H3. The van der Waals surface area contributed by atoms with E-state index in [0.29, 0.717) is 44.8 Å². The molecule has 206 valence electrons. The molecule has 0 saturated heterocycles. The Labute approximate surface area is 220 Å². The van der Waals surface area contributed by atoms with E-state index in [0.717, 1.165) is 5.56 Å². The van der Waals surface area contributed by atoms with E-state index >= 15 is 0 Å². The van der Waals surface area contributed by atoms with Crippen molar-refractivity contribution in [3.63, 3.8) is 0 Å². The maximum Gasteiger partial charge on any atom is 0.331 e. The van der Waals surface area contributed by atoms with Gasteiger partial charge in [-0.05, 0) is 32.3 Å². The molecule has 1 aromatic carbocycles. The predicted molar refractivity (Wildman–Crippen MR) is 144 cm³/mol. The molecule has 0 N–H and O–H groups in total. The van der Waals surface area contributed by atoms with Crippen LogP contribution in [0.15, 0.2) is 30.3 Å². The number of methoxy groups -OCH3 is 1. The smallest absolute Gasteiger partial charge is 0.331 e. The van der Waals surface area contributed by atoms with Crippen molar-refractivity contribution >= 4 is 31.1 Å². The van der Waals surface area contributed by atoms with Crippen LogP contribution in [0.4, 0.5) is 0 Å². The second kappa shape index (κ2) is 19.8. The Morgan fingerprint density at radius 3 is 2.33 bits per heavy atom. The van der Waals surface area contributed by atoms with Crippen LogP contribution in [0.2, 0.25) is 0 Å². The van der Waals surface area contributed by atoms with Crippen molar-refractivity contribution in [2.24, 2.45) is 5.92 Å². The first kappa shape index (κ1) is 32.8. The second-order valence-electron chi connectivity index (χ2n) is 8.33. The van der Waals surface area contributed by atoms with Gasteiger partial charge in [0.1, 0.15) is 12.4 Å². The maximum absolute atomic E-state index is 13.2. The fraction of sp³-hybridized carbons (Fsp3) is 0.692. The average Bonchev–Trinajstić information content (AvgIpc) is 2.85. The molecule has 0 aromatic heterocycles. The molecule has 10 heteroatoms. The van der Waals surface area contributed by atoms with E-state index in [1.165, 1.54) is 11.8 Å². The highest BCUT2D eigenvalue weighted by molar-refractivity contribution is 8.00. The Bertz CT molecular complexity index is 766. The second-order valence-corrected chi connectivity index (χ2v) is 11.8. The molecule has 36 heavy (non-hydrogen) atoms. The highest BCUT2D eigenvalue weighted by atomic mass is 32.2. The van der Waals surface area contributed by atoms with Crippen LogP contribution in [-0.2, 0) is 44.0 Å². The number of benzene rings is 1. The van der Waals surface area contributed by atoms with Crippen molar-refractivity contribution in [3.05, 3.63) is 35.9 Å². The zero-order chi connectivity index (χ0) is 26.7. The summed E-state index contributed by atoms with van der Waals surface area (Å²) in [5, 5.41) is -0.159. The van der Waals surface area contributed by atoms with Crippen molar-refractivity contribution in [3.8, 4) is 0 Å². The van der Waals surface area contributed by atoms with E-state index in [1.807, 2.05) is 37.3 Å². The van der Waals surface area contributed by atoms with E-state index in [-0.39, 0.29) is 55.3 Å². The fourth-order valence-corrected chi connectivity index (χ4v) is 7.20. The molecular formula is C26H43O8PS. The number of ketones is 1. The lowest BCUT2D eigenvalue weighted by molar-refractivity contribution is -0.144. The van der Waals surface area contributed by atoms with Gasteiger partial charge < -0.3 is 23.3 Å². The van der Waals surface area contributed by atoms with Gasteiger partial charge in [-0.25, -0.2) is 0 Å². The molecule has 0 aliphatic carbocycles. The van der Waals surface area contributed by atoms with Crippen LogP contribution in [0, 0.1) is 5.92 Å². The summed E-state index contributed by atoms with van der Waals surface area (Å²) < 4.78 is 39.9. The average molecular weight is 547 g/mol. The van der Waals surface area contributed by atoms with Gasteiger partial charge in [0, 0.05) is 37.1 Å². The Kier molecular flexibility index (Phi) is 18.1. The van der Waals surface area contributed by atoms with E-state index in [9.17, 15) is 14.2 Å². The molecule has 2 atom stereocenters. The highest BCUT2D eigenvalue weighted by Gasteiger charge is 2.31. The summed E-state index contributed by atoms with van der Waals surface area (Å²) >= 11 is 1.51. The van der Waals surface area contributed by atoms with Gasteiger partial charge in [0.05, 0.1) is 39.0 Å². The van der Waals surface area contributed by atoms with Crippen LogP contribution in [0.25, 0.3) is 0 Å². The molecule has 8 nitrogen and oxygen atoms in total. The highest BCUT2D eigenvalue weighted by Crippen LogP contribution is 2.50. The van der Waals surface area contributed by atoms with Gasteiger partial charge >= 0.3 is 13.6 Å². The summed E-state index contributed by atoms with van der Waals surface area (Å²) in [6.45, 7) is 7.78. The lowest BCUT2D eigenvalue weighted by atomic mass is 9.97. The van der Waals surface area contributed by atoms with Crippen molar-refractivity contribution in [1.29, 1.82) is 0 Å². The number of ether oxygens (including phenoxy) is 3. The molecule has 0 radical (unpaired) electrons. The number of carbonyl (C=O) groups excluding carboxylic acids is 2. The first-order valence-electron chi connectivity index (χ1n) is 12.6. The molecule has 1 rings (SSSR count). The largest absolute Gasteiger partial charge is 0.461 e. The molecule has 0 heterocycles. The lowest BCUT2D eigenvalue weighted by Gasteiger charge is -2.25. The van der Waals surface area contributed by atoms with Crippen molar-refractivity contribution in [2.45, 2.75) is 58.3 Å². The predicted octanol–water partition coefficient (Wildman–Crippen LogP) is 5.53. The third-order valence-electron chi connectivity index (χ3n) is 5.29. The third kappa shape index (κ3) is 15.1. The Morgan fingerprint density at radius 2 is 1.69 bits per heavy atom. The van der Waals surface area contributed by atoms with Crippen LogP contribution < -0.4 is 0 Å². The van der Waals surface area contributed by atoms with Gasteiger partial charge in [-0.2, -0.15) is 11.8 Å². The molecule has 0 fully saturated rings. The summed E-state index contributed by atoms with van der Waals surface area (Å²) in [5.74, 6) is 0.120. The number of thioether (sulfide) groups is 1. The lowest BCUT2D eigenvalue weighted by Crippen LogP contribution is -2.22. The number of esters is 1. The van der Waals surface area contributed by atoms with Gasteiger partial charge in [-0.1, -0.05) is 37.3 Å². The van der Waals surface area contributed by atoms with Crippen molar-refractivity contribution in [2.75, 3.05) is 52.1 Å². The molecule has 0 aliphatic rings. The van der Waals surface area contributed by atoms with E-state index in [2.05, 4.69) is 0 Å². The number of carbonyl (C=O) groups is 2. The molecule has 0 aliphatic heterocycles. The van der Waals surface area contributed by atoms with Gasteiger partial charge in [0.25, 0.3) is 0 Å². The number of rotatable bonds is 22. The quantitative estimate of drug-likeness (QED) is 0.106. The van der Waals surface area contributed by atoms with Crippen LogP contribution in [0.5, 0.6) is 0 Å². The molecule has 2 unspecified atom stereocenters. The first-order valence-corrected chi connectivity index (χ1v) is 15.4. The van der Waals surface area contributed by atoms with Crippen LogP contribution >= 0.6 is 19.4 Å². The normalized spacial score (nSPS) is 13.3. The summed E-state index contributed by atoms with van der Waals surface area (Å²) in [4.78, 5) is 24.9. The fourth-order valence-electron chi connectivity index (χ4n) is 3.46. The first-order chi connectivity index (χ1) is 17.3. The molecule has 0 saturated carbocycles. The minimum Gasteiger partial charge on any atom is -0.461 e. The van der Waals surface area contributed by atoms with Gasteiger partial charge in [0.15, 0.2) is 0 Å². The SMILES string of the molecule is CCOP(=O)(CC(CC(C)C(=O)CCCOCCOC)SCCC(=O)OCc1ccccc1)OCC. The summed E-state index contributed by atoms with van der Waals surface area (Å²) in [6, 6.07) is 9.52. The zero-order valence-corrected chi connectivity index (χ0v) is 23.9. The molecule has 0 bridgehead atoms. The number of Topliss-reactive ketones (excluding diaryl/α,β-unsaturated/α-hetero) is 1. The topological polar surface area (TPSA) is 97.4 Å². The van der Waals surface area contributed by atoms with Crippen molar-refractivity contribution in [1.82, 2.24) is 0 Å². The minimum absolute atomic E-state index is 0.140. The summed E-state index contributed by atoms with van der Waals surface area (Å²) in [6.07, 6.45) is 2.01. The monoisotopic (exact) mass is 546 g/mol. The van der Waals surface area contributed by atoms with Gasteiger partial charge in [-0.15, -0.1) is 0 Å². The maximum atomic E-state index is 13.2. The number of hydrogen-bond donors (Lipinski definition) is 0. The molecular weight excluding hydrogens is 503 g/mol. The van der Waals surface area contributed by atoms with E-state index < -0.39 is 7.60 Å². The van der Waals surface area contributed by atoms with Crippen LogP contribution in [0.3, 0.4) is 0 Å².